The molecule has 0 radical (unpaired) electrons. The fourth-order valence-electron chi connectivity index (χ4n) is 2.55. The highest BCUT2D eigenvalue weighted by atomic mass is 16.2. The average Bonchev–Trinajstić information content (AvgIpc) is 2.66. The zero-order chi connectivity index (χ0) is 18.9. The molecule has 0 aliphatic heterocycles. The Morgan fingerprint density at radius 3 is 2.15 bits per heavy atom. The molecule has 0 spiro atoms. The first-order valence-corrected chi connectivity index (χ1v) is 8.89. The van der Waals surface area contributed by atoms with Crippen LogP contribution in [0.4, 0.5) is 0 Å². The lowest BCUT2D eigenvalue weighted by molar-refractivity contribution is -0.117. The van der Waals surface area contributed by atoms with Crippen molar-refractivity contribution in [2.45, 2.75) is 19.8 Å². The number of hydrogen-bond donors (Lipinski definition) is 1. The van der Waals surface area contributed by atoms with Gasteiger partial charge in [0.05, 0.1) is 0 Å². The number of carbonyl (C=O) groups excluding carboxylic acids is 2. The van der Waals surface area contributed by atoms with Crippen molar-refractivity contribution in [2.24, 2.45) is 0 Å². The Morgan fingerprint density at radius 1 is 0.962 bits per heavy atom. The highest BCUT2D eigenvalue weighted by Crippen LogP contribution is 2.20. The van der Waals surface area contributed by atoms with E-state index in [1.807, 2.05) is 42.5 Å². The molecule has 0 fully saturated rings. The minimum atomic E-state index is -0.329. The van der Waals surface area contributed by atoms with Gasteiger partial charge in [-0.05, 0) is 17.5 Å². The molecule has 0 heterocycles. The van der Waals surface area contributed by atoms with Gasteiger partial charge < -0.3 is 10.2 Å². The quantitative estimate of drug-likeness (QED) is 0.258. The predicted molar refractivity (Wildman–Crippen MR) is 106 cm³/mol. The van der Waals surface area contributed by atoms with Crippen molar-refractivity contribution in [1.82, 2.24) is 10.2 Å². The molecule has 0 bridgehead atoms. The maximum atomic E-state index is 12.8. The van der Waals surface area contributed by atoms with Crippen molar-refractivity contribution in [3.05, 3.63) is 71.9 Å². The molecular formula is C22H26N2O2. The first-order valence-electron chi connectivity index (χ1n) is 8.89. The van der Waals surface area contributed by atoms with E-state index >= 15 is 0 Å². The van der Waals surface area contributed by atoms with Gasteiger partial charge >= 0.3 is 0 Å². The molecule has 0 aliphatic rings. The molecule has 136 valence electrons. The van der Waals surface area contributed by atoms with Crippen LogP contribution in [-0.4, -0.2) is 37.2 Å². The summed E-state index contributed by atoms with van der Waals surface area (Å²) in [7, 11) is 3.59. The topological polar surface area (TPSA) is 49.4 Å². The third-order valence-corrected chi connectivity index (χ3v) is 3.95. The van der Waals surface area contributed by atoms with Gasteiger partial charge in [-0.2, -0.15) is 0 Å². The van der Waals surface area contributed by atoms with Gasteiger partial charge in [0.1, 0.15) is 5.57 Å². The second-order valence-corrected chi connectivity index (χ2v) is 6.39. The lowest BCUT2D eigenvalue weighted by Gasteiger charge is -2.12. The highest BCUT2D eigenvalue weighted by Gasteiger charge is 2.20. The molecule has 0 saturated heterocycles. The smallest absolute Gasteiger partial charge is 0.256 e. The van der Waals surface area contributed by atoms with Gasteiger partial charge in [0, 0.05) is 32.4 Å². The fraction of sp³-hybridized carbons (Fsp3) is 0.273. The third kappa shape index (κ3) is 5.31. The van der Waals surface area contributed by atoms with Crippen LogP contribution in [0.1, 0.15) is 30.1 Å². The molecule has 0 aromatic heterocycles. The van der Waals surface area contributed by atoms with E-state index in [2.05, 4.69) is 12.2 Å². The average molecular weight is 350 g/mol. The SMILES string of the molecule is CCCCNC(=O)C(=CN(C)C)C(=O)c1ccc(-c2ccccc2)cc1. The predicted octanol–water partition coefficient (Wildman–Crippen LogP) is 3.90. The van der Waals surface area contributed by atoms with E-state index in [0.717, 1.165) is 24.0 Å². The third-order valence-electron chi connectivity index (χ3n) is 3.95. The summed E-state index contributed by atoms with van der Waals surface area (Å²) >= 11 is 0. The minimum absolute atomic E-state index is 0.151. The van der Waals surface area contributed by atoms with Crippen LogP contribution in [-0.2, 0) is 4.79 Å². The van der Waals surface area contributed by atoms with Crippen molar-refractivity contribution in [1.29, 1.82) is 0 Å². The Bertz CT molecular complexity index is 762. The molecule has 0 aliphatic carbocycles. The summed E-state index contributed by atoms with van der Waals surface area (Å²) in [5.41, 5.74) is 2.78. The largest absolute Gasteiger partial charge is 0.383 e. The van der Waals surface area contributed by atoms with Gasteiger partial charge in [0.2, 0.25) is 0 Å². The lowest BCUT2D eigenvalue weighted by Crippen LogP contribution is -2.30. The Labute approximate surface area is 155 Å². The number of benzene rings is 2. The van der Waals surface area contributed by atoms with E-state index in [4.69, 9.17) is 0 Å². The number of carbonyl (C=O) groups is 2. The molecule has 4 heteroatoms. The number of rotatable bonds is 8. The number of Topliss-reactive ketones (excluding diaryl/α,β-unsaturated/α-hetero) is 1. The highest BCUT2D eigenvalue weighted by molar-refractivity contribution is 6.25. The Balaban J connectivity index is 2.21. The molecule has 0 unspecified atom stereocenters. The number of hydrogen-bond acceptors (Lipinski definition) is 3. The summed E-state index contributed by atoms with van der Waals surface area (Å²) in [5.74, 6) is -0.600. The van der Waals surface area contributed by atoms with Crippen molar-refractivity contribution in [3.8, 4) is 11.1 Å². The van der Waals surface area contributed by atoms with Gasteiger partial charge in [-0.1, -0.05) is 67.9 Å². The van der Waals surface area contributed by atoms with Crippen LogP contribution in [0.3, 0.4) is 0 Å². The van der Waals surface area contributed by atoms with E-state index in [-0.39, 0.29) is 17.3 Å². The molecule has 0 atom stereocenters. The van der Waals surface area contributed by atoms with Crippen LogP contribution < -0.4 is 5.32 Å². The van der Waals surface area contributed by atoms with E-state index in [0.29, 0.717) is 12.1 Å². The van der Waals surface area contributed by atoms with E-state index < -0.39 is 0 Å². The monoisotopic (exact) mass is 350 g/mol. The van der Waals surface area contributed by atoms with Gasteiger partial charge in [-0.15, -0.1) is 0 Å². The summed E-state index contributed by atoms with van der Waals surface area (Å²) in [4.78, 5) is 27.0. The maximum absolute atomic E-state index is 12.8. The summed E-state index contributed by atoms with van der Waals surface area (Å²) in [6.45, 7) is 2.63. The molecule has 1 amide bonds. The number of amides is 1. The summed E-state index contributed by atoms with van der Waals surface area (Å²) < 4.78 is 0. The van der Waals surface area contributed by atoms with Gasteiger partial charge in [0.25, 0.3) is 5.91 Å². The summed E-state index contributed by atoms with van der Waals surface area (Å²) in [5, 5.41) is 2.82. The van der Waals surface area contributed by atoms with E-state index in [9.17, 15) is 9.59 Å². The molecule has 4 nitrogen and oxygen atoms in total. The molecular weight excluding hydrogens is 324 g/mol. The molecule has 1 N–H and O–H groups in total. The number of nitrogens with one attached hydrogen (secondary N) is 1. The van der Waals surface area contributed by atoms with Crippen LogP contribution in [0.2, 0.25) is 0 Å². The van der Waals surface area contributed by atoms with Crippen molar-refractivity contribution < 1.29 is 9.59 Å². The number of unbranched alkanes of at least 4 members (excludes halogenated alkanes) is 1. The van der Waals surface area contributed by atoms with Gasteiger partial charge in [-0.25, -0.2) is 0 Å². The lowest BCUT2D eigenvalue weighted by atomic mass is 9.99. The van der Waals surface area contributed by atoms with Crippen LogP contribution >= 0.6 is 0 Å². The molecule has 2 rings (SSSR count). The van der Waals surface area contributed by atoms with Crippen molar-refractivity contribution >= 4 is 11.7 Å². The van der Waals surface area contributed by atoms with Gasteiger partial charge in [-0.3, -0.25) is 9.59 Å². The zero-order valence-electron chi connectivity index (χ0n) is 15.7. The van der Waals surface area contributed by atoms with E-state index in [1.54, 1.807) is 37.3 Å². The second kappa shape index (κ2) is 9.56. The van der Waals surface area contributed by atoms with Crippen LogP contribution in [0.15, 0.2) is 66.4 Å². The zero-order valence-corrected chi connectivity index (χ0v) is 15.7. The standard InChI is InChI=1S/C22H26N2O2/c1-4-5-15-23-22(26)20(16-24(2)3)21(25)19-13-11-18(12-14-19)17-9-7-6-8-10-17/h6-14,16H,4-5,15H2,1-3H3,(H,23,26). The first-order chi connectivity index (χ1) is 12.5. The van der Waals surface area contributed by atoms with Crippen molar-refractivity contribution in [3.63, 3.8) is 0 Å². The Kier molecular flexibility index (Phi) is 7.15. The van der Waals surface area contributed by atoms with Crippen LogP contribution in [0.25, 0.3) is 11.1 Å². The van der Waals surface area contributed by atoms with Gasteiger partial charge in [0.15, 0.2) is 5.78 Å². The van der Waals surface area contributed by atoms with Crippen LogP contribution in [0.5, 0.6) is 0 Å². The summed E-state index contributed by atoms with van der Waals surface area (Å²) in [6, 6.07) is 17.3. The summed E-state index contributed by atoms with van der Waals surface area (Å²) in [6.07, 6.45) is 3.46. The molecule has 2 aromatic rings. The molecule has 0 saturated carbocycles. The Morgan fingerprint density at radius 2 is 1.58 bits per heavy atom. The van der Waals surface area contributed by atoms with E-state index in [1.165, 1.54) is 0 Å². The van der Waals surface area contributed by atoms with Crippen molar-refractivity contribution in [2.75, 3.05) is 20.6 Å². The Hall–Kier alpha value is -2.88. The normalized spacial score (nSPS) is 11.1. The molecule has 26 heavy (non-hydrogen) atoms. The van der Waals surface area contributed by atoms with Crippen LogP contribution in [0, 0.1) is 0 Å². The maximum Gasteiger partial charge on any atom is 0.256 e. The molecule has 2 aromatic carbocycles. The second-order valence-electron chi connectivity index (χ2n) is 6.39. The first kappa shape index (κ1) is 19.4. The number of ketones is 1. The fourth-order valence-corrected chi connectivity index (χ4v) is 2.55. The minimum Gasteiger partial charge on any atom is -0.383 e. The number of nitrogens with zero attached hydrogens (tertiary/aromatic N) is 1.